The lowest BCUT2D eigenvalue weighted by Crippen LogP contribution is -2.15. The summed E-state index contributed by atoms with van der Waals surface area (Å²) in [5, 5.41) is 2.57. The largest absolute Gasteiger partial charge is 0.311 e. The number of rotatable bonds is 7. The molecular formula is C57H42N2. The van der Waals surface area contributed by atoms with E-state index in [0.29, 0.717) is 0 Å². The molecule has 1 heterocycles. The van der Waals surface area contributed by atoms with Crippen LogP contribution in [0.15, 0.2) is 218 Å². The highest BCUT2D eigenvalue weighted by Crippen LogP contribution is 2.51. The van der Waals surface area contributed by atoms with Crippen LogP contribution in [-0.4, -0.2) is 4.57 Å². The summed E-state index contributed by atoms with van der Waals surface area (Å²) in [5.74, 6) is 0. The maximum absolute atomic E-state index is 2.43. The van der Waals surface area contributed by atoms with E-state index in [0.717, 1.165) is 17.1 Å². The van der Waals surface area contributed by atoms with Crippen LogP contribution in [0.2, 0.25) is 0 Å². The Morgan fingerprint density at radius 3 is 1.20 bits per heavy atom. The van der Waals surface area contributed by atoms with Gasteiger partial charge in [0.25, 0.3) is 0 Å². The van der Waals surface area contributed by atoms with E-state index >= 15 is 0 Å². The summed E-state index contributed by atoms with van der Waals surface area (Å²) >= 11 is 0. The first kappa shape index (κ1) is 34.8. The van der Waals surface area contributed by atoms with Crippen LogP contribution in [0, 0.1) is 0 Å². The predicted octanol–water partition coefficient (Wildman–Crippen LogP) is 15.6. The third kappa shape index (κ3) is 5.87. The zero-order valence-corrected chi connectivity index (χ0v) is 33.2. The number of fused-ring (bicyclic) bond motifs is 6. The van der Waals surface area contributed by atoms with E-state index in [-0.39, 0.29) is 5.41 Å². The van der Waals surface area contributed by atoms with Crippen molar-refractivity contribution >= 4 is 38.9 Å². The van der Waals surface area contributed by atoms with Gasteiger partial charge in [0.05, 0.1) is 11.0 Å². The third-order valence-electron chi connectivity index (χ3n) is 12.4. The van der Waals surface area contributed by atoms with Crippen molar-refractivity contribution in [3.63, 3.8) is 0 Å². The second-order valence-electron chi connectivity index (χ2n) is 16.2. The van der Waals surface area contributed by atoms with Gasteiger partial charge in [-0.2, -0.15) is 0 Å². The molecule has 0 atom stereocenters. The molecule has 0 saturated heterocycles. The second-order valence-corrected chi connectivity index (χ2v) is 16.2. The van der Waals surface area contributed by atoms with Gasteiger partial charge in [0.1, 0.15) is 0 Å². The van der Waals surface area contributed by atoms with E-state index in [1.165, 1.54) is 83.1 Å². The molecule has 0 N–H and O–H groups in total. The first-order chi connectivity index (χ1) is 29.0. The van der Waals surface area contributed by atoms with Crippen LogP contribution in [0.25, 0.3) is 72.0 Å². The van der Waals surface area contributed by atoms with E-state index < -0.39 is 0 Å². The zero-order chi connectivity index (χ0) is 39.5. The maximum atomic E-state index is 2.43. The van der Waals surface area contributed by atoms with Gasteiger partial charge < -0.3 is 9.47 Å². The number of hydrogen-bond donors (Lipinski definition) is 0. The number of hydrogen-bond acceptors (Lipinski definition) is 1. The Morgan fingerprint density at radius 2 is 0.712 bits per heavy atom. The van der Waals surface area contributed by atoms with Crippen LogP contribution >= 0.6 is 0 Å². The van der Waals surface area contributed by atoms with Gasteiger partial charge in [0, 0.05) is 38.9 Å². The summed E-state index contributed by atoms with van der Waals surface area (Å²) in [5.41, 5.74) is 19.5. The van der Waals surface area contributed by atoms with Gasteiger partial charge in [0.2, 0.25) is 0 Å². The molecule has 1 aromatic heterocycles. The Morgan fingerprint density at radius 1 is 0.339 bits per heavy atom. The minimum atomic E-state index is -0.163. The highest BCUT2D eigenvalue weighted by Gasteiger charge is 2.36. The summed E-state index contributed by atoms with van der Waals surface area (Å²) in [4.78, 5) is 2.35. The molecule has 2 nitrogen and oxygen atoms in total. The molecule has 59 heavy (non-hydrogen) atoms. The van der Waals surface area contributed by atoms with Gasteiger partial charge in [0.15, 0.2) is 0 Å². The topological polar surface area (TPSA) is 8.17 Å². The van der Waals surface area contributed by atoms with Crippen LogP contribution in [0.1, 0.15) is 25.0 Å². The van der Waals surface area contributed by atoms with Crippen molar-refractivity contribution in [2.24, 2.45) is 0 Å². The molecule has 0 aliphatic heterocycles. The summed E-state index contributed by atoms with van der Waals surface area (Å²) in [7, 11) is 0. The van der Waals surface area contributed by atoms with Crippen molar-refractivity contribution in [2.45, 2.75) is 19.3 Å². The number of para-hydroxylation sites is 2. The standard InChI is InChI=1S/C57H42N2/c1-57(2)53-37-44(27-35-49(53)50-36-34-48(38-54(50)57)59-55-19-11-9-17-51(55)52-18-10-12-20-56(52)59)43-25-32-47(33-26-43)58(45-28-21-41(22-29-45)39-13-5-3-6-14-39)46-30-23-42(24-31-46)40-15-7-4-8-16-40/h3-38H,1-2H3. The Bertz CT molecular complexity index is 3000. The fourth-order valence-corrected chi connectivity index (χ4v) is 9.36. The molecule has 280 valence electrons. The highest BCUT2D eigenvalue weighted by molar-refractivity contribution is 6.09. The van der Waals surface area contributed by atoms with E-state index in [2.05, 4.69) is 242 Å². The first-order valence-electron chi connectivity index (χ1n) is 20.5. The Kier molecular flexibility index (Phi) is 8.20. The summed E-state index contributed by atoms with van der Waals surface area (Å²) in [6, 6.07) is 79.7. The van der Waals surface area contributed by atoms with Crippen molar-refractivity contribution in [3.05, 3.63) is 230 Å². The Hall–Kier alpha value is -7.42. The molecule has 9 aromatic carbocycles. The summed E-state index contributed by atoms with van der Waals surface area (Å²) in [6.45, 7) is 4.76. The van der Waals surface area contributed by atoms with Crippen molar-refractivity contribution < 1.29 is 0 Å². The lowest BCUT2D eigenvalue weighted by atomic mass is 9.81. The Balaban J connectivity index is 0.936. The minimum absolute atomic E-state index is 0.163. The molecule has 0 spiro atoms. The summed E-state index contributed by atoms with van der Waals surface area (Å²) < 4.78 is 2.43. The lowest BCUT2D eigenvalue weighted by Gasteiger charge is -2.26. The summed E-state index contributed by atoms with van der Waals surface area (Å²) in [6.07, 6.45) is 0. The lowest BCUT2D eigenvalue weighted by molar-refractivity contribution is 0.660. The molecule has 0 amide bonds. The normalized spacial score (nSPS) is 12.7. The monoisotopic (exact) mass is 754 g/mol. The molecule has 10 aromatic rings. The van der Waals surface area contributed by atoms with Crippen LogP contribution in [0.4, 0.5) is 17.1 Å². The quantitative estimate of drug-likeness (QED) is 0.157. The number of anilines is 3. The highest BCUT2D eigenvalue weighted by atomic mass is 15.1. The molecule has 0 fully saturated rings. The van der Waals surface area contributed by atoms with Crippen LogP contribution in [0.5, 0.6) is 0 Å². The number of benzene rings is 9. The van der Waals surface area contributed by atoms with E-state index in [1.54, 1.807) is 0 Å². The first-order valence-corrected chi connectivity index (χ1v) is 20.5. The predicted molar refractivity (Wildman–Crippen MR) is 249 cm³/mol. The van der Waals surface area contributed by atoms with Gasteiger partial charge in [-0.15, -0.1) is 0 Å². The molecular weight excluding hydrogens is 713 g/mol. The average molecular weight is 755 g/mol. The molecule has 0 saturated carbocycles. The average Bonchev–Trinajstić information content (AvgIpc) is 3.75. The third-order valence-corrected chi connectivity index (χ3v) is 12.4. The van der Waals surface area contributed by atoms with Crippen molar-refractivity contribution in [2.75, 3.05) is 4.90 Å². The second kappa shape index (κ2) is 13.9. The smallest absolute Gasteiger partial charge is 0.0541 e. The van der Waals surface area contributed by atoms with Gasteiger partial charge in [-0.3, -0.25) is 0 Å². The molecule has 1 aliphatic rings. The zero-order valence-electron chi connectivity index (χ0n) is 33.2. The molecule has 1 aliphatic carbocycles. The van der Waals surface area contributed by atoms with Crippen LogP contribution < -0.4 is 4.90 Å². The van der Waals surface area contributed by atoms with Gasteiger partial charge >= 0.3 is 0 Å². The molecule has 0 bridgehead atoms. The fraction of sp³-hybridized carbons (Fsp3) is 0.0526. The van der Waals surface area contributed by atoms with Gasteiger partial charge in [-0.05, 0) is 122 Å². The molecule has 11 rings (SSSR count). The minimum Gasteiger partial charge on any atom is -0.311 e. The van der Waals surface area contributed by atoms with E-state index in [9.17, 15) is 0 Å². The van der Waals surface area contributed by atoms with E-state index in [4.69, 9.17) is 0 Å². The van der Waals surface area contributed by atoms with Crippen molar-refractivity contribution in [3.8, 4) is 50.2 Å². The molecule has 2 heteroatoms. The molecule has 0 radical (unpaired) electrons. The fourth-order valence-electron chi connectivity index (χ4n) is 9.36. The van der Waals surface area contributed by atoms with Crippen molar-refractivity contribution in [1.82, 2.24) is 4.57 Å². The van der Waals surface area contributed by atoms with Gasteiger partial charge in [-0.1, -0.05) is 166 Å². The van der Waals surface area contributed by atoms with Crippen LogP contribution in [-0.2, 0) is 5.41 Å². The maximum Gasteiger partial charge on any atom is 0.0541 e. The Labute approximate surface area is 345 Å². The van der Waals surface area contributed by atoms with Gasteiger partial charge in [-0.25, -0.2) is 0 Å². The van der Waals surface area contributed by atoms with E-state index in [1.807, 2.05) is 0 Å². The van der Waals surface area contributed by atoms with Crippen molar-refractivity contribution in [1.29, 1.82) is 0 Å². The number of nitrogens with zero attached hydrogens (tertiary/aromatic N) is 2. The SMILES string of the molecule is CC1(C)c2cc(-c3ccc(N(c4ccc(-c5ccccc5)cc4)c4ccc(-c5ccccc5)cc4)cc3)ccc2-c2ccc(-n3c4ccccc4c4ccccc43)cc21. The number of aromatic nitrogens is 1. The van der Waals surface area contributed by atoms with Crippen LogP contribution in [0.3, 0.4) is 0 Å². The molecule has 0 unspecified atom stereocenters.